The van der Waals surface area contributed by atoms with E-state index in [9.17, 15) is 5.11 Å². The molecular formula is C11H15Cl2NO. The van der Waals surface area contributed by atoms with Crippen LogP contribution in [-0.2, 0) is 6.42 Å². The van der Waals surface area contributed by atoms with E-state index < -0.39 is 6.10 Å². The average molecular weight is 248 g/mol. The molecule has 0 fully saturated rings. The zero-order valence-electron chi connectivity index (χ0n) is 8.58. The monoisotopic (exact) mass is 247 g/mol. The van der Waals surface area contributed by atoms with Crippen molar-refractivity contribution in [2.75, 3.05) is 0 Å². The molecule has 0 spiro atoms. The third-order valence-electron chi connectivity index (χ3n) is 2.32. The highest BCUT2D eigenvalue weighted by molar-refractivity contribution is 6.42. The molecule has 3 N–H and O–H groups in total. The molecule has 1 rings (SSSR count). The maximum Gasteiger partial charge on any atom is 0.0691 e. The first kappa shape index (κ1) is 12.8. The Labute approximate surface area is 100.0 Å². The van der Waals surface area contributed by atoms with Gasteiger partial charge in [0.2, 0.25) is 0 Å². The van der Waals surface area contributed by atoms with E-state index in [2.05, 4.69) is 0 Å². The largest absolute Gasteiger partial charge is 0.392 e. The van der Waals surface area contributed by atoms with Gasteiger partial charge in [-0.3, -0.25) is 0 Å². The highest BCUT2D eigenvalue weighted by Crippen LogP contribution is 2.23. The summed E-state index contributed by atoms with van der Waals surface area (Å²) in [5, 5.41) is 10.6. The Balaban J connectivity index is 2.55. The molecule has 15 heavy (non-hydrogen) atoms. The Morgan fingerprint density at radius 3 is 2.53 bits per heavy atom. The molecule has 0 bridgehead atoms. The summed E-state index contributed by atoms with van der Waals surface area (Å²) in [5.74, 6) is 0. The van der Waals surface area contributed by atoms with Crippen LogP contribution in [-0.4, -0.2) is 17.3 Å². The Kier molecular flexibility index (Phi) is 4.87. The van der Waals surface area contributed by atoms with Gasteiger partial charge in [0.1, 0.15) is 0 Å². The van der Waals surface area contributed by atoms with Crippen molar-refractivity contribution in [2.45, 2.75) is 31.9 Å². The summed E-state index contributed by atoms with van der Waals surface area (Å²) in [4.78, 5) is 0. The van der Waals surface area contributed by atoms with E-state index in [1.807, 2.05) is 12.1 Å². The van der Waals surface area contributed by atoms with E-state index in [1.165, 1.54) is 0 Å². The molecular weight excluding hydrogens is 233 g/mol. The van der Waals surface area contributed by atoms with Gasteiger partial charge in [0.25, 0.3) is 0 Å². The average Bonchev–Trinajstić information content (AvgIpc) is 2.19. The summed E-state index contributed by atoms with van der Waals surface area (Å²) >= 11 is 11.7. The fourth-order valence-corrected chi connectivity index (χ4v) is 1.59. The molecule has 84 valence electrons. The maximum atomic E-state index is 9.53. The lowest BCUT2D eigenvalue weighted by Crippen LogP contribution is -2.31. The van der Waals surface area contributed by atoms with E-state index in [1.54, 1.807) is 13.0 Å². The second-order valence-electron chi connectivity index (χ2n) is 3.71. The van der Waals surface area contributed by atoms with Crippen LogP contribution in [0, 0.1) is 0 Å². The van der Waals surface area contributed by atoms with E-state index in [0.717, 1.165) is 12.0 Å². The van der Waals surface area contributed by atoms with Gasteiger partial charge in [0.15, 0.2) is 0 Å². The summed E-state index contributed by atoms with van der Waals surface area (Å²) in [6.45, 7) is 1.79. The minimum Gasteiger partial charge on any atom is -0.392 e. The molecule has 0 aliphatic heterocycles. The van der Waals surface area contributed by atoms with Crippen molar-refractivity contribution in [1.29, 1.82) is 0 Å². The van der Waals surface area contributed by atoms with Crippen molar-refractivity contribution in [1.82, 2.24) is 0 Å². The summed E-state index contributed by atoms with van der Waals surface area (Å²) in [6, 6.07) is 5.28. The van der Waals surface area contributed by atoms with E-state index in [4.69, 9.17) is 28.9 Å². The van der Waals surface area contributed by atoms with Crippen LogP contribution in [0.4, 0.5) is 0 Å². The van der Waals surface area contributed by atoms with Crippen molar-refractivity contribution in [3.05, 3.63) is 33.8 Å². The predicted molar refractivity (Wildman–Crippen MR) is 64.4 cm³/mol. The molecule has 2 atom stereocenters. The van der Waals surface area contributed by atoms with Crippen molar-refractivity contribution in [2.24, 2.45) is 5.73 Å². The molecule has 2 unspecified atom stereocenters. The fourth-order valence-electron chi connectivity index (χ4n) is 1.27. The quantitative estimate of drug-likeness (QED) is 0.860. The number of halogens is 2. The molecule has 0 saturated heterocycles. The van der Waals surface area contributed by atoms with Crippen molar-refractivity contribution in [3.8, 4) is 0 Å². The second-order valence-corrected chi connectivity index (χ2v) is 4.53. The molecule has 0 aliphatic carbocycles. The van der Waals surface area contributed by atoms with Crippen molar-refractivity contribution in [3.63, 3.8) is 0 Å². The normalized spacial score (nSPS) is 15.0. The first-order valence-electron chi connectivity index (χ1n) is 4.88. The first-order valence-corrected chi connectivity index (χ1v) is 5.64. The van der Waals surface area contributed by atoms with Gasteiger partial charge in [0.05, 0.1) is 16.1 Å². The third kappa shape index (κ3) is 3.99. The number of benzene rings is 1. The lowest BCUT2D eigenvalue weighted by Gasteiger charge is -2.14. The minimum atomic E-state index is -0.473. The van der Waals surface area contributed by atoms with Crippen molar-refractivity contribution >= 4 is 23.2 Å². The lowest BCUT2D eigenvalue weighted by molar-refractivity contribution is 0.141. The van der Waals surface area contributed by atoms with Crippen molar-refractivity contribution < 1.29 is 5.11 Å². The van der Waals surface area contributed by atoms with Crippen LogP contribution in [0.15, 0.2) is 18.2 Å². The van der Waals surface area contributed by atoms with Crippen LogP contribution in [0.5, 0.6) is 0 Å². The van der Waals surface area contributed by atoms with Crippen LogP contribution in [0.2, 0.25) is 10.0 Å². The number of rotatable bonds is 4. The first-order chi connectivity index (χ1) is 7.00. The highest BCUT2D eigenvalue weighted by Gasteiger charge is 2.09. The third-order valence-corrected chi connectivity index (χ3v) is 3.06. The molecule has 0 aromatic heterocycles. The van der Waals surface area contributed by atoms with Crippen LogP contribution in [0.1, 0.15) is 18.9 Å². The van der Waals surface area contributed by atoms with Crippen LogP contribution in [0.25, 0.3) is 0 Å². The molecule has 0 radical (unpaired) electrons. The van der Waals surface area contributed by atoms with Gasteiger partial charge in [-0.25, -0.2) is 0 Å². The van der Waals surface area contributed by atoms with E-state index in [0.29, 0.717) is 16.5 Å². The smallest absolute Gasteiger partial charge is 0.0691 e. The molecule has 0 amide bonds. The van der Waals surface area contributed by atoms with Gasteiger partial charge in [-0.15, -0.1) is 0 Å². The molecule has 0 heterocycles. The number of aliphatic hydroxyl groups excluding tert-OH is 1. The van der Waals surface area contributed by atoms with Crippen LogP contribution < -0.4 is 5.73 Å². The van der Waals surface area contributed by atoms with Gasteiger partial charge < -0.3 is 10.8 Å². The number of hydrogen-bond donors (Lipinski definition) is 2. The van der Waals surface area contributed by atoms with Gasteiger partial charge in [0, 0.05) is 6.04 Å². The topological polar surface area (TPSA) is 46.2 Å². The Hall–Kier alpha value is -0.280. The predicted octanol–water partition coefficient (Wildman–Crippen LogP) is 2.63. The zero-order valence-corrected chi connectivity index (χ0v) is 10.1. The Morgan fingerprint density at radius 1 is 1.33 bits per heavy atom. The Morgan fingerprint density at radius 2 is 2.00 bits per heavy atom. The number of aliphatic hydroxyl groups is 1. The standard InChI is InChI=1S/C11H15Cl2NO/c1-7(14)11(15)5-3-8-2-4-9(12)10(13)6-8/h2,4,6-7,11,15H,3,5,14H2,1H3. The number of hydrogen-bond acceptors (Lipinski definition) is 2. The molecule has 0 saturated carbocycles. The Bertz CT molecular complexity index is 328. The van der Waals surface area contributed by atoms with Crippen LogP contribution in [0.3, 0.4) is 0 Å². The summed E-state index contributed by atoms with van der Waals surface area (Å²) in [6.07, 6.45) is 0.911. The summed E-state index contributed by atoms with van der Waals surface area (Å²) in [7, 11) is 0. The summed E-state index contributed by atoms with van der Waals surface area (Å²) in [5.41, 5.74) is 6.62. The van der Waals surface area contributed by atoms with E-state index >= 15 is 0 Å². The SMILES string of the molecule is CC(N)C(O)CCc1ccc(Cl)c(Cl)c1. The fraction of sp³-hybridized carbons (Fsp3) is 0.455. The van der Waals surface area contributed by atoms with Gasteiger partial charge in [-0.2, -0.15) is 0 Å². The molecule has 1 aromatic rings. The number of aryl methyl sites for hydroxylation is 1. The number of nitrogens with two attached hydrogens (primary N) is 1. The lowest BCUT2D eigenvalue weighted by atomic mass is 10.0. The molecule has 1 aromatic carbocycles. The molecule has 2 nitrogen and oxygen atoms in total. The van der Waals surface area contributed by atoms with Gasteiger partial charge in [-0.05, 0) is 37.5 Å². The minimum absolute atomic E-state index is 0.201. The second kappa shape index (κ2) is 5.71. The van der Waals surface area contributed by atoms with E-state index in [-0.39, 0.29) is 6.04 Å². The van der Waals surface area contributed by atoms with Crippen LogP contribution >= 0.6 is 23.2 Å². The van der Waals surface area contributed by atoms with Gasteiger partial charge >= 0.3 is 0 Å². The molecule has 0 aliphatic rings. The van der Waals surface area contributed by atoms with Gasteiger partial charge in [-0.1, -0.05) is 29.3 Å². The maximum absolute atomic E-state index is 9.53. The summed E-state index contributed by atoms with van der Waals surface area (Å²) < 4.78 is 0. The zero-order chi connectivity index (χ0) is 11.4. The molecule has 4 heteroatoms. The highest BCUT2D eigenvalue weighted by atomic mass is 35.5.